The third-order valence-electron chi connectivity index (χ3n) is 3.22. The summed E-state index contributed by atoms with van der Waals surface area (Å²) in [4.78, 5) is 22.5. The van der Waals surface area contributed by atoms with Crippen LogP contribution >= 0.6 is 0 Å². The maximum Gasteiger partial charge on any atom is 0.417 e. The van der Waals surface area contributed by atoms with Crippen molar-refractivity contribution in [1.29, 1.82) is 0 Å². The maximum atomic E-state index is 11.3. The van der Waals surface area contributed by atoms with Gasteiger partial charge in [0.2, 0.25) is 0 Å². The minimum Gasteiger partial charge on any atom is -0.457 e. The van der Waals surface area contributed by atoms with Crippen LogP contribution in [-0.2, 0) is 19.1 Å². The number of hydrogen-bond acceptors (Lipinski definition) is 4. The summed E-state index contributed by atoms with van der Waals surface area (Å²) < 4.78 is 9.81. The molecule has 4 nitrogen and oxygen atoms in total. The predicted octanol–water partition coefficient (Wildman–Crippen LogP) is 2.99. The van der Waals surface area contributed by atoms with Crippen molar-refractivity contribution < 1.29 is 19.1 Å². The molecular formula is C14H24O4. The third kappa shape index (κ3) is 6.03. The van der Waals surface area contributed by atoms with Gasteiger partial charge < -0.3 is 9.47 Å². The molecular weight excluding hydrogens is 232 g/mol. The monoisotopic (exact) mass is 256 g/mol. The second kappa shape index (κ2) is 8.95. The molecule has 0 bridgehead atoms. The summed E-state index contributed by atoms with van der Waals surface area (Å²) in [5, 5.41) is 0. The molecule has 1 aliphatic carbocycles. The Morgan fingerprint density at radius 1 is 1.00 bits per heavy atom. The first kappa shape index (κ1) is 15.0. The van der Waals surface area contributed by atoms with Crippen LogP contribution in [0.1, 0.15) is 64.7 Å². The quantitative estimate of drug-likeness (QED) is 0.380. The van der Waals surface area contributed by atoms with Crippen molar-refractivity contribution in [2.24, 2.45) is 0 Å². The van der Waals surface area contributed by atoms with Gasteiger partial charge in [0, 0.05) is 0 Å². The van der Waals surface area contributed by atoms with E-state index in [1.807, 2.05) is 0 Å². The van der Waals surface area contributed by atoms with Crippen molar-refractivity contribution in [2.75, 3.05) is 6.61 Å². The van der Waals surface area contributed by atoms with E-state index in [2.05, 4.69) is 6.92 Å². The van der Waals surface area contributed by atoms with Gasteiger partial charge in [-0.25, -0.2) is 9.59 Å². The van der Waals surface area contributed by atoms with E-state index in [1.54, 1.807) is 0 Å². The second-order valence-corrected chi connectivity index (χ2v) is 4.86. The van der Waals surface area contributed by atoms with Crippen LogP contribution in [0.4, 0.5) is 0 Å². The van der Waals surface area contributed by atoms with E-state index < -0.39 is 11.9 Å². The molecule has 0 heterocycles. The van der Waals surface area contributed by atoms with Gasteiger partial charge in [0.05, 0.1) is 6.61 Å². The van der Waals surface area contributed by atoms with E-state index in [-0.39, 0.29) is 6.10 Å². The molecule has 0 aromatic carbocycles. The Bertz CT molecular complexity index is 259. The number of rotatable bonds is 8. The summed E-state index contributed by atoms with van der Waals surface area (Å²) in [6.07, 6.45) is 9.51. The summed E-state index contributed by atoms with van der Waals surface area (Å²) in [7, 11) is 0. The standard InChI is InChI=1S/C14H24O4/c1-2-3-4-5-6-7-11-17-13(15)14(16)18-12-9-8-10-12/h12H,2-11H2,1H3. The largest absolute Gasteiger partial charge is 0.457 e. The van der Waals surface area contributed by atoms with Gasteiger partial charge in [-0.15, -0.1) is 0 Å². The molecule has 0 radical (unpaired) electrons. The Hall–Kier alpha value is -1.06. The van der Waals surface area contributed by atoms with Crippen LogP contribution in [0.2, 0.25) is 0 Å². The molecule has 1 aliphatic rings. The average molecular weight is 256 g/mol. The zero-order valence-electron chi connectivity index (χ0n) is 11.3. The Labute approximate surface area is 109 Å². The number of carbonyl (C=O) groups is 2. The van der Waals surface area contributed by atoms with Crippen LogP contribution in [0, 0.1) is 0 Å². The van der Waals surface area contributed by atoms with E-state index in [0.29, 0.717) is 6.61 Å². The zero-order valence-corrected chi connectivity index (χ0v) is 11.3. The minimum absolute atomic E-state index is 0.0564. The Kier molecular flexibility index (Phi) is 7.46. The molecule has 0 aromatic heterocycles. The molecule has 0 amide bonds. The van der Waals surface area contributed by atoms with Crippen LogP contribution in [0.3, 0.4) is 0 Å². The molecule has 0 aliphatic heterocycles. The fraction of sp³-hybridized carbons (Fsp3) is 0.857. The summed E-state index contributed by atoms with van der Waals surface area (Å²) in [5.74, 6) is -1.67. The van der Waals surface area contributed by atoms with Gasteiger partial charge in [-0.05, 0) is 25.7 Å². The normalized spacial score (nSPS) is 14.9. The van der Waals surface area contributed by atoms with Crippen LogP contribution in [0.15, 0.2) is 0 Å². The van der Waals surface area contributed by atoms with Crippen molar-refractivity contribution in [3.63, 3.8) is 0 Å². The lowest BCUT2D eigenvalue weighted by Gasteiger charge is -2.24. The van der Waals surface area contributed by atoms with Crippen molar-refractivity contribution in [3.8, 4) is 0 Å². The van der Waals surface area contributed by atoms with E-state index in [1.165, 1.54) is 19.3 Å². The fourth-order valence-corrected chi connectivity index (χ4v) is 1.79. The SMILES string of the molecule is CCCCCCCCOC(=O)C(=O)OC1CCC1. The number of carbonyl (C=O) groups excluding carboxylic acids is 2. The maximum absolute atomic E-state index is 11.3. The van der Waals surface area contributed by atoms with Crippen LogP contribution in [-0.4, -0.2) is 24.6 Å². The first-order valence-electron chi connectivity index (χ1n) is 7.11. The first-order valence-corrected chi connectivity index (χ1v) is 7.11. The van der Waals surface area contributed by atoms with Crippen molar-refractivity contribution in [3.05, 3.63) is 0 Å². The van der Waals surface area contributed by atoms with E-state index in [9.17, 15) is 9.59 Å². The van der Waals surface area contributed by atoms with Crippen molar-refractivity contribution >= 4 is 11.9 Å². The summed E-state index contributed by atoms with van der Waals surface area (Å²) in [5.41, 5.74) is 0. The molecule has 0 saturated heterocycles. The van der Waals surface area contributed by atoms with Gasteiger partial charge >= 0.3 is 11.9 Å². The van der Waals surface area contributed by atoms with Gasteiger partial charge in [0.1, 0.15) is 6.10 Å². The smallest absolute Gasteiger partial charge is 0.417 e. The number of hydrogen-bond donors (Lipinski definition) is 0. The van der Waals surface area contributed by atoms with Gasteiger partial charge in [0.15, 0.2) is 0 Å². The second-order valence-electron chi connectivity index (χ2n) is 4.86. The lowest BCUT2D eigenvalue weighted by atomic mass is 9.96. The molecule has 1 saturated carbocycles. The molecule has 0 N–H and O–H groups in total. The Balaban J connectivity index is 1.93. The number of unbranched alkanes of at least 4 members (excludes halogenated alkanes) is 5. The van der Waals surface area contributed by atoms with E-state index in [0.717, 1.165) is 38.5 Å². The molecule has 4 heteroatoms. The zero-order chi connectivity index (χ0) is 13.2. The lowest BCUT2D eigenvalue weighted by molar-refractivity contribution is -0.173. The molecule has 0 aromatic rings. The van der Waals surface area contributed by atoms with Crippen LogP contribution in [0.5, 0.6) is 0 Å². The average Bonchev–Trinajstić information content (AvgIpc) is 2.32. The summed E-state index contributed by atoms with van der Waals surface area (Å²) in [6.45, 7) is 2.50. The summed E-state index contributed by atoms with van der Waals surface area (Å²) >= 11 is 0. The summed E-state index contributed by atoms with van der Waals surface area (Å²) in [6, 6.07) is 0. The van der Waals surface area contributed by atoms with Crippen molar-refractivity contribution in [1.82, 2.24) is 0 Å². The van der Waals surface area contributed by atoms with Gasteiger partial charge in [-0.3, -0.25) is 0 Å². The predicted molar refractivity (Wildman–Crippen MR) is 68.1 cm³/mol. The highest BCUT2D eigenvalue weighted by Gasteiger charge is 2.26. The topological polar surface area (TPSA) is 52.6 Å². The molecule has 18 heavy (non-hydrogen) atoms. The fourth-order valence-electron chi connectivity index (χ4n) is 1.79. The highest BCUT2D eigenvalue weighted by Crippen LogP contribution is 2.21. The molecule has 104 valence electrons. The highest BCUT2D eigenvalue weighted by atomic mass is 16.6. The molecule has 1 rings (SSSR count). The van der Waals surface area contributed by atoms with Crippen LogP contribution in [0.25, 0.3) is 0 Å². The van der Waals surface area contributed by atoms with Crippen LogP contribution < -0.4 is 0 Å². The van der Waals surface area contributed by atoms with Gasteiger partial charge in [0.25, 0.3) is 0 Å². The van der Waals surface area contributed by atoms with Gasteiger partial charge in [-0.1, -0.05) is 39.0 Å². The Morgan fingerprint density at radius 3 is 2.28 bits per heavy atom. The number of esters is 2. The number of ether oxygens (including phenoxy) is 2. The third-order valence-corrected chi connectivity index (χ3v) is 3.22. The first-order chi connectivity index (χ1) is 8.74. The lowest BCUT2D eigenvalue weighted by Crippen LogP contribution is -2.30. The van der Waals surface area contributed by atoms with Crippen molar-refractivity contribution in [2.45, 2.75) is 70.8 Å². The molecule has 1 fully saturated rings. The van der Waals surface area contributed by atoms with Gasteiger partial charge in [-0.2, -0.15) is 0 Å². The van der Waals surface area contributed by atoms with E-state index in [4.69, 9.17) is 9.47 Å². The minimum atomic E-state index is -0.838. The highest BCUT2D eigenvalue weighted by molar-refractivity contribution is 6.29. The molecule has 0 spiro atoms. The molecule has 0 unspecified atom stereocenters. The molecule has 0 atom stereocenters. The Morgan fingerprint density at radius 2 is 1.67 bits per heavy atom. The van der Waals surface area contributed by atoms with E-state index >= 15 is 0 Å².